The number of rotatable bonds is 8. The predicted molar refractivity (Wildman–Crippen MR) is 147 cm³/mol. The highest BCUT2D eigenvalue weighted by Crippen LogP contribution is 2.42. The number of hydrogen-bond acceptors (Lipinski definition) is 5. The van der Waals surface area contributed by atoms with Crippen LogP contribution in [0.2, 0.25) is 0 Å². The number of hydrogen-bond donors (Lipinski definition) is 1. The number of amides is 2. The van der Waals surface area contributed by atoms with E-state index in [0.29, 0.717) is 34.7 Å². The number of carbonyl (C=O) groups is 2. The average molecular weight is 514 g/mol. The summed E-state index contributed by atoms with van der Waals surface area (Å²) >= 11 is 1.27. The number of furan rings is 1. The molecule has 1 fully saturated rings. The molecule has 1 aliphatic rings. The Bertz CT molecular complexity index is 1320. The first-order chi connectivity index (χ1) is 17.8. The van der Waals surface area contributed by atoms with E-state index in [-0.39, 0.29) is 18.0 Å². The molecule has 0 bridgehead atoms. The number of thioether (sulfide) groups is 1. The van der Waals surface area contributed by atoms with Crippen LogP contribution in [0.3, 0.4) is 0 Å². The summed E-state index contributed by atoms with van der Waals surface area (Å²) in [7, 11) is 0. The first-order valence-electron chi connectivity index (χ1n) is 12.4. The van der Waals surface area contributed by atoms with Crippen molar-refractivity contribution in [2.24, 2.45) is 0 Å². The normalized spacial score (nSPS) is 16.8. The van der Waals surface area contributed by atoms with Crippen molar-refractivity contribution in [3.8, 4) is 6.07 Å². The molecule has 1 unspecified atom stereocenters. The van der Waals surface area contributed by atoms with Gasteiger partial charge in [-0.3, -0.25) is 14.5 Å². The maximum Gasteiger partial charge on any atom is 0.265 e. The lowest BCUT2D eigenvalue weighted by Gasteiger charge is -2.19. The van der Waals surface area contributed by atoms with E-state index in [1.807, 2.05) is 36.4 Å². The van der Waals surface area contributed by atoms with Gasteiger partial charge in [0.1, 0.15) is 22.4 Å². The molecule has 1 atom stereocenters. The van der Waals surface area contributed by atoms with Gasteiger partial charge in [0.25, 0.3) is 5.91 Å². The minimum Gasteiger partial charge on any atom is -0.467 e. The summed E-state index contributed by atoms with van der Waals surface area (Å²) in [6, 6.07) is 21.5. The molecule has 1 saturated heterocycles. The summed E-state index contributed by atoms with van der Waals surface area (Å²) in [6.45, 7) is 8.65. The van der Waals surface area contributed by atoms with Crippen LogP contribution in [0.1, 0.15) is 62.0 Å². The molecule has 1 N–H and O–H groups in total. The monoisotopic (exact) mass is 513 g/mol. The van der Waals surface area contributed by atoms with Gasteiger partial charge in [-0.1, -0.05) is 75.9 Å². The lowest BCUT2D eigenvalue weighted by molar-refractivity contribution is -0.117. The van der Waals surface area contributed by atoms with Gasteiger partial charge in [-0.15, -0.1) is 0 Å². The molecule has 2 amide bonds. The van der Waals surface area contributed by atoms with E-state index in [1.54, 1.807) is 12.1 Å². The van der Waals surface area contributed by atoms with Gasteiger partial charge in [0.05, 0.1) is 18.1 Å². The van der Waals surface area contributed by atoms with E-state index in [9.17, 15) is 14.9 Å². The Labute approximate surface area is 222 Å². The van der Waals surface area contributed by atoms with Crippen LogP contribution in [0.4, 0.5) is 5.69 Å². The Balaban J connectivity index is 1.66. The molecule has 7 heteroatoms. The van der Waals surface area contributed by atoms with Gasteiger partial charge >= 0.3 is 0 Å². The van der Waals surface area contributed by atoms with Crippen LogP contribution in [0, 0.1) is 11.3 Å². The maximum absolute atomic E-state index is 13.7. The molecular weight excluding hydrogens is 482 g/mol. The average Bonchev–Trinajstić information content (AvgIpc) is 3.52. The van der Waals surface area contributed by atoms with E-state index >= 15 is 0 Å². The molecule has 0 saturated carbocycles. The quantitative estimate of drug-likeness (QED) is 0.283. The number of nitrogens with one attached hydrogen (secondary N) is 1. The van der Waals surface area contributed by atoms with Crippen molar-refractivity contribution in [1.82, 2.24) is 5.32 Å². The van der Waals surface area contributed by atoms with Crippen molar-refractivity contribution >= 4 is 29.3 Å². The van der Waals surface area contributed by atoms with Crippen molar-refractivity contribution in [1.29, 1.82) is 5.26 Å². The number of carbonyl (C=O) groups excluding carboxylic acids is 2. The van der Waals surface area contributed by atoms with Crippen molar-refractivity contribution in [2.45, 2.75) is 57.7 Å². The van der Waals surface area contributed by atoms with Crippen LogP contribution in [0.25, 0.3) is 0 Å². The Hall–Kier alpha value is -3.76. The van der Waals surface area contributed by atoms with Crippen LogP contribution >= 0.6 is 11.8 Å². The molecule has 1 aliphatic heterocycles. The van der Waals surface area contributed by atoms with Crippen LogP contribution < -0.4 is 10.2 Å². The van der Waals surface area contributed by atoms with Crippen molar-refractivity contribution in [3.63, 3.8) is 0 Å². The zero-order valence-corrected chi connectivity index (χ0v) is 22.3. The molecule has 0 aliphatic carbocycles. The first-order valence-corrected chi connectivity index (χ1v) is 13.3. The molecule has 1 aromatic heterocycles. The third kappa shape index (κ3) is 5.98. The van der Waals surface area contributed by atoms with E-state index in [2.05, 4.69) is 51.2 Å². The summed E-state index contributed by atoms with van der Waals surface area (Å²) < 4.78 is 5.28. The minimum absolute atomic E-state index is 0.0875. The van der Waals surface area contributed by atoms with Crippen LogP contribution in [-0.2, 0) is 22.6 Å². The Kier molecular flexibility index (Phi) is 8.20. The summed E-state index contributed by atoms with van der Waals surface area (Å²) in [5.74, 6) is 0.663. The van der Waals surface area contributed by atoms with Gasteiger partial charge in [0.2, 0.25) is 5.91 Å². The van der Waals surface area contributed by atoms with Gasteiger partial charge in [0, 0.05) is 5.69 Å². The molecule has 4 rings (SSSR count). The van der Waals surface area contributed by atoms with E-state index in [4.69, 9.17) is 4.42 Å². The summed E-state index contributed by atoms with van der Waals surface area (Å²) in [5.41, 5.74) is 3.97. The highest BCUT2D eigenvalue weighted by Gasteiger charge is 2.40. The molecule has 190 valence electrons. The zero-order chi connectivity index (χ0) is 26.5. The molecule has 2 aromatic carbocycles. The van der Waals surface area contributed by atoms with Crippen molar-refractivity contribution in [3.05, 3.63) is 100.0 Å². The SMILES string of the molecule is CC(C)c1ccc(CC2S/C(=C(/C#N)C(=O)NCc3ccco3)N(c3ccc(C(C)C)cc3)C2=O)cc1. The summed E-state index contributed by atoms with van der Waals surface area (Å²) in [5, 5.41) is 12.6. The number of nitriles is 1. The van der Waals surface area contributed by atoms with E-state index in [0.717, 1.165) is 11.1 Å². The van der Waals surface area contributed by atoms with Gasteiger partial charge in [-0.05, 0) is 59.2 Å². The highest BCUT2D eigenvalue weighted by atomic mass is 32.2. The molecule has 37 heavy (non-hydrogen) atoms. The summed E-state index contributed by atoms with van der Waals surface area (Å²) in [4.78, 5) is 28.3. The predicted octanol–water partition coefficient (Wildman–Crippen LogP) is 6.27. The smallest absolute Gasteiger partial charge is 0.265 e. The second-order valence-electron chi connectivity index (χ2n) is 9.68. The third-order valence-electron chi connectivity index (χ3n) is 6.39. The minimum atomic E-state index is -0.542. The zero-order valence-electron chi connectivity index (χ0n) is 21.5. The standard InChI is InChI=1S/C30H31N3O3S/c1-19(2)22-9-7-21(8-10-22)16-27-29(35)33(24-13-11-23(12-14-24)20(3)4)30(37-27)26(17-31)28(34)32-18-25-6-5-15-36-25/h5-15,19-20,27H,16,18H2,1-4H3,(H,32,34)/b30-26-. The fourth-order valence-corrected chi connectivity index (χ4v) is 5.46. The lowest BCUT2D eigenvalue weighted by Crippen LogP contribution is -2.32. The van der Waals surface area contributed by atoms with Crippen molar-refractivity contribution in [2.75, 3.05) is 4.90 Å². The van der Waals surface area contributed by atoms with Crippen LogP contribution in [-0.4, -0.2) is 17.1 Å². The molecule has 6 nitrogen and oxygen atoms in total. The molecule has 0 radical (unpaired) electrons. The first kappa shape index (κ1) is 26.3. The number of anilines is 1. The van der Waals surface area contributed by atoms with Crippen molar-refractivity contribution < 1.29 is 14.0 Å². The number of benzene rings is 2. The second-order valence-corrected chi connectivity index (χ2v) is 10.9. The molecule has 2 heterocycles. The Morgan fingerprint density at radius 1 is 1.03 bits per heavy atom. The van der Waals surface area contributed by atoms with Gasteiger partial charge < -0.3 is 9.73 Å². The largest absolute Gasteiger partial charge is 0.467 e. The highest BCUT2D eigenvalue weighted by molar-refractivity contribution is 8.05. The second kappa shape index (κ2) is 11.5. The van der Waals surface area contributed by atoms with Gasteiger partial charge in [-0.25, -0.2) is 0 Å². The molecular formula is C30H31N3O3S. The summed E-state index contributed by atoms with van der Waals surface area (Å²) in [6.07, 6.45) is 2.02. The van der Waals surface area contributed by atoms with E-state index in [1.165, 1.54) is 28.5 Å². The van der Waals surface area contributed by atoms with Gasteiger partial charge in [0.15, 0.2) is 0 Å². The molecule has 0 spiro atoms. The van der Waals surface area contributed by atoms with Gasteiger partial charge in [-0.2, -0.15) is 5.26 Å². The third-order valence-corrected chi connectivity index (χ3v) is 7.66. The topological polar surface area (TPSA) is 86.3 Å². The molecule has 3 aromatic rings. The lowest BCUT2D eigenvalue weighted by atomic mass is 10.00. The van der Waals surface area contributed by atoms with Crippen LogP contribution in [0.5, 0.6) is 0 Å². The number of nitrogens with zero attached hydrogens (tertiary/aromatic N) is 2. The Morgan fingerprint density at radius 2 is 1.65 bits per heavy atom. The fraction of sp³-hybridized carbons (Fsp3) is 0.300. The van der Waals surface area contributed by atoms with E-state index < -0.39 is 11.2 Å². The fourth-order valence-electron chi connectivity index (χ4n) is 4.15. The van der Waals surface area contributed by atoms with Crippen LogP contribution in [0.15, 0.2) is 81.9 Å². The maximum atomic E-state index is 13.7. The Morgan fingerprint density at radius 3 is 2.19 bits per heavy atom.